The van der Waals surface area contributed by atoms with Crippen molar-refractivity contribution in [1.82, 2.24) is 14.9 Å². The molecule has 0 fully saturated rings. The number of nitrogens with two attached hydrogens (primary N) is 1. The van der Waals surface area contributed by atoms with Gasteiger partial charge in [0.1, 0.15) is 6.33 Å². The van der Waals surface area contributed by atoms with Gasteiger partial charge in [-0.2, -0.15) is 0 Å². The molecule has 18 heavy (non-hydrogen) atoms. The lowest BCUT2D eigenvalue weighted by Gasteiger charge is -2.10. The van der Waals surface area contributed by atoms with Crippen molar-refractivity contribution in [2.75, 3.05) is 37.9 Å². The minimum absolute atomic E-state index is 0.00916. The average molecular weight is 255 g/mol. The summed E-state index contributed by atoms with van der Waals surface area (Å²) in [5, 5.41) is 13.8. The summed E-state index contributed by atoms with van der Waals surface area (Å²) in [4.78, 5) is 19.9. The number of nitro groups is 1. The number of rotatable bonds is 7. The highest BCUT2D eigenvalue weighted by atomic mass is 16.6. The van der Waals surface area contributed by atoms with Gasteiger partial charge in [-0.25, -0.2) is 15.8 Å². The van der Waals surface area contributed by atoms with Crippen LogP contribution in [0.4, 0.5) is 17.3 Å². The molecule has 0 atom stereocenters. The van der Waals surface area contributed by atoms with Crippen molar-refractivity contribution in [3.63, 3.8) is 0 Å². The van der Waals surface area contributed by atoms with Crippen molar-refractivity contribution in [3.05, 3.63) is 16.4 Å². The standard InChI is InChI=1S/C9H17N7O2/c1-15(2)5-3-4-11-8-7(16(17)18)9(14-10)13-6-12-8/h6H,3-5,10H2,1-2H3,(H2,11,12,13,14). The van der Waals surface area contributed by atoms with Crippen LogP contribution in [0.5, 0.6) is 0 Å². The van der Waals surface area contributed by atoms with Crippen LogP contribution in [0.3, 0.4) is 0 Å². The molecule has 4 N–H and O–H groups in total. The molecule has 0 spiro atoms. The maximum atomic E-state index is 10.9. The smallest absolute Gasteiger partial charge is 0.354 e. The summed E-state index contributed by atoms with van der Waals surface area (Å²) >= 11 is 0. The highest BCUT2D eigenvalue weighted by Crippen LogP contribution is 2.27. The molecule has 9 heteroatoms. The van der Waals surface area contributed by atoms with E-state index < -0.39 is 4.92 Å². The fraction of sp³-hybridized carbons (Fsp3) is 0.556. The quantitative estimate of drug-likeness (QED) is 0.270. The minimum Gasteiger partial charge on any atom is -0.364 e. The number of hydrogen-bond donors (Lipinski definition) is 3. The SMILES string of the molecule is CN(C)CCCNc1ncnc(NN)c1[N+](=O)[O-]. The number of hydrogen-bond acceptors (Lipinski definition) is 8. The molecule has 9 nitrogen and oxygen atoms in total. The second-order valence-electron chi connectivity index (χ2n) is 3.90. The molecule has 1 heterocycles. The molecule has 0 aliphatic carbocycles. The molecule has 0 amide bonds. The number of hydrazine groups is 1. The van der Waals surface area contributed by atoms with Crippen LogP contribution in [0.1, 0.15) is 6.42 Å². The van der Waals surface area contributed by atoms with Crippen LogP contribution in [0.25, 0.3) is 0 Å². The Hall–Kier alpha value is -2.00. The van der Waals surface area contributed by atoms with Crippen molar-refractivity contribution in [3.8, 4) is 0 Å². The highest BCUT2D eigenvalue weighted by Gasteiger charge is 2.21. The molecule has 0 saturated heterocycles. The molecule has 1 aromatic rings. The molecule has 0 aliphatic rings. The molecule has 0 aliphatic heterocycles. The summed E-state index contributed by atoms with van der Waals surface area (Å²) in [5.41, 5.74) is 1.94. The van der Waals surface area contributed by atoms with Crippen molar-refractivity contribution >= 4 is 17.3 Å². The Morgan fingerprint density at radius 3 is 2.67 bits per heavy atom. The maximum absolute atomic E-state index is 10.9. The van der Waals surface area contributed by atoms with E-state index in [2.05, 4.69) is 20.7 Å². The van der Waals surface area contributed by atoms with Gasteiger partial charge in [0.05, 0.1) is 4.92 Å². The van der Waals surface area contributed by atoms with Crippen LogP contribution < -0.4 is 16.6 Å². The molecule has 0 aromatic carbocycles. The topological polar surface area (TPSA) is 122 Å². The third-order valence-electron chi connectivity index (χ3n) is 2.22. The van der Waals surface area contributed by atoms with E-state index >= 15 is 0 Å². The van der Waals surface area contributed by atoms with Gasteiger partial charge < -0.3 is 15.6 Å². The fourth-order valence-electron chi connectivity index (χ4n) is 1.39. The van der Waals surface area contributed by atoms with Gasteiger partial charge in [0.15, 0.2) is 0 Å². The Morgan fingerprint density at radius 2 is 2.11 bits per heavy atom. The number of nitrogens with one attached hydrogen (secondary N) is 2. The third kappa shape index (κ3) is 3.79. The lowest BCUT2D eigenvalue weighted by Crippen LogP contribution is -2.18. The van der Waals surface area contributed by atoms with Gasteiger partial charge in [0, 0.05) is 6.54 Å². The number of anilines is 2. The molecule has 1 rings (SSSR count). The Balaban J connectivity index is 2.72. The second-order valence-corrected chi connectivity index (χ2v) is 3.90. The van der Waals surface area contributed by atoms with E-state index in [9.17, 15) is 10.1 Å². The molecule has 0 unspecified atom stereocenters. The van der Waals surface area contributed by atoms with Crippen molar-refractivity contribution < 1.29 is 4.92 Å². The summed E-state index contributed by atoms with van der Waals surface area (Å²) in [6.45, 7) is 1.47. The summed E-state index contributed by atoms with van der Waals surface area (Å²) in [7, 11) is 3.92. The van der Waals surface area contributed by atoms with Crippen LogP contribution in [0, 0.1) is 10.1 Å². The molecule has 1 aromatic heterocycles. The largest absolute Gasteiger partial charge is 0.364 e. The van der Waals surface area contributed by atoms with Gasteiger partial charge >= 0.3 is 5.69 Å². The van der Waals surface area contributed by atoms with Crippen LogP contribution in [-0.4, -0.2) is 47.0 Å². The summed E-state index contributed by atoms with van der Waals surface area (Å²) in [6, 6.07) is 0. The van der Waals surface area contributed by atoms with Gasteiger partial charge in [0.25, 0.3) is 0 Å². The summed E-state index contributed by atoms with van der Waals surface area (Å²) < 4.78 is 0. The Kier molecular flexibility index (Phi) is 5.21. The predicted octanol–water partition coefficient (Wildman–Crippen LogP) is 0.0340. The minimum atomic E-state index is -0.566. The average Bonchev–Trinajstić information content (AvgIpc) is 2.33. The zero-order valence-corrected chi connectivity index (χ0v) is 10.4. The zero-order chi connectivity index (χ0) is 13.5. The molecular formula is C9H17N7O2. The first-order valence-electron chi connectivity index (χ1n) is 5.41. The first kappa shape index (κ1) is 14.1. The highest BCUT2D eigenvalue weighted by molar-refractivity contribution is 5.68. The summed E-state index contributed by atoms with van der Waals surface area (Å²) in [5.74, 6) is 5.33. The first-order chi connectivity index (χ1) is 8.56. The predicted molar refractivity (Wildman–Crippen MR) is 68.2 cm³/mol. The lowest BCUT2D eigenvalue weighted by atomic mass is 10.3. The van der Waals surface area contributed by atoms with E-state index in [0.717, 1.165) is 13.0 Å². The Labute approximate surface area is 105 Å². The van der Waals surface area contributed by atoms with E-state index in [1.807, 2.05) is 19.0 Å². The van der Waals surface area contributed by atoms with E-state index in [0.29, 0.717) is 6.54 Å². The van der Waals surface area contributed by atoms with Gasteiger partial charge in [0.2, 0.25) is 11.6 Å². The molecule has 0 saturated carbocycles. The fourth-order valence-corrected chi connectivity index (χ4v) is 1.39. The molecular weight excluding hydrogens is 238 g/mol. The molecule has 100 valence electrons. The lowest BCUT2D eigenvalue weighted by molar-refractivity contribution is -0.383. The van der Waals surface area contributed by atoms with Crippen molar-refractivity contribution in [2.45, 2.75) is 6.42 Å². The summed E-state index contributed by atoms with van der Waals surface area (Å²) in [6.07, 6.45) is 2.07. The third-order valence-corrected chi connectivity index (χ3v) is 2.22. The monoisotopic (exact) mass is 255 g/mol. The van der Waals surface area contributed by atoms with E-state index in [1.165, 1.54) is 6.33 Å². The molecule has 0 bridgehead atoms. The van der Waals surface area contributed by atoms with E-state index in [1.54, 1.807) is 0 Å². The van der Waals surface area contributed by atoms with Crippen LogP contribution in [0.15, 0.2) is 6.33 Å². The van der Waals surface area contributed by atoms with Crippen LogP contribution in [0.2, 0.25) is 0 Å². The van der Waals surface area contributed by atoms with Gasteiger partial charge in [-0.1, -0.05) is 0 Å². The second kappa shape index (κ2) is 6.67. The number of nitrogen functional groups attached to an aromatic ring is 1. The van der Waals surface area contributed by atoms with E-state index in [-0.39, 0.29) is 17.3 Å². The maximum Gasteiger partial charge on any atom is 0.354 e. The van der Waals surface area contributed by atoms with Crippen molar-refractivity contribution in [2.24, 2.45) is 5.84 Å². The normalized spacial score (nSPS) is 10.4. The Morgan fingerprint density at radius 1 is 1.44 bits per heavy atom. The van der Waals surface area contributed by atoms with Gasteiger partial charge in [-0.3, -0.25) is 10.1 Å². The van der Waals surface area contributed by atoms with Crippen LogP contribution in [-0.2, 0) is 0 Å². The number of nitrogens with zero attached hydrogens (tertiary/aromatic N) is 4. The Bertz CT molecular complexity index is 410. The van der Waals surface area contributed by atoms with E-state index in [4.69, 9.17) is 5.84 Å². The zero-order valence-electron chi connectivity index (χ0n) is 10.4. The first-order valence-corrected chi connectivity index (χ1v) is 5.41. The van der Waals surface area contributed by atoms with Gasteiger partial charge in [-0.05, 0) is 27.1 Å². The van der Waals surface area contributed by atoms with Crippen molar-refractivity contribution in [1.29, 1.82) is 0 Å². The van der Waals surface area contributed by atoms with Crippen LogP contribution >= 0.6 is 0 Å². The van der Waals surface area contributed by atoms with Gasteiger partial charge in [-0.15, -0.1) is 0 Å². The molecule has 0 radical (unpaired) electrons. The number of aromatic nitrogens is 2.